The minimum Gasteiger partial charge on any atom is -0.437 e. The molecule has 0 unspecified atom stereocenters. The SMILES string of the molecule is CNc1cccc(Oc2ccc(C)cc2Cl)n1. The van der Waals surface area contributed by atoms with Gasteiger partial charge in [0, 0.05) is 13.1 Å². The molecule has 1 aromatic heterocycles. The van der Waals surface area contributed by atoms with Crippen molar-refractivity contribution in [3.63, 3.8) is 0 Å². The molecule has 88 valence electrons. The molecule has 0 amide bonds. The van der Waals surface area contributed by atoms with E-state index in [1.165, 1.54) is 0 Å². The van der Waals surface area contributed by atoms with Crippen LogP contribution in [0.1, 0.15) is 5.56 Å². The molecule has 0 aliphatic rings. The molecule has 17 heavy (non-hydrogen) atoms. The van der Waals surface area contributed by atoms with E-state index in [0.717, 1.165) is 11.4 Å². The fraction of sp³-hybridized carbons (Fsp3) is 0.154. The Bertz CT molecular complexity index is 529. The molecule has 0 saturated carbocycles. The van der Waals surface area contributed by atoms with Crippen molar-refractivity contribution in [2.45, 2.75) is 6.92 Å². The predicted octanol–water partition coefficient (Wildman–Crippen LogP) is 3.88. The molecule has 0 fully saturated rings. The number of hydrogen-bond donors (Lipinski definition) is 1. The second kappa shape index (κ2) is 5.06. The van der Waals surface area contributed by atoms with Gasteiger partial charge >= 0.3 is 0 Å². The molecule has 0 radical (unpaired) electrons. The van der Waals surface area contributed by atoms with Gasteiger partial charge in [-0.15, -0.1) is 0 Å². The van der Waals surface area contributed by atoms with Gasteiger partial charge in [-0.2, -0.15) is 4.98 Å². The first-order chi connectivity index (χ1) is 8.19. The minimum absolute atomic E-state index is 0.516. The van der Waals surface area contributed by atoms with E-state index >= 15 is 0 Å². The molecular formula is C13H13ClN2O. The lowest BCUT2D eigenvalue weighted by Crippen LogP contribution is -1.94. The molecule has 0 aliphatic heterocycles. The number of aromatic nitrogens is 1. The van der Waals surface area contributed by atoms with E-state index in [1.807, 2.05) is 44.3 Å². The largest absolute Gasteiger partial charge is 0.437 e. The minimum atomic E-state index is 0.516. The smallest absolute Gasteiger partial charge is 0.221 e. The first kappa shape index (κ1) is 11.7. The lowest BCUT2D eigenvalue weighted by Gasteiger charge is -2.08. The monoisotopic (exact) mass is 248 g/mol. The van der Waals surface area contributed by atoms with Crippen molar-refractivity contribution in [3.8, 4) is 11.6 Å². The van der Waals surface area contributed by atoms with Crippen molar-refractivity contribution in [2.24, 2.45) is 0 Å². The number of anilines is 1. The van der Waals surface area contributed by atoms with Gasteiger partial charge in [0.05, 0.1) is 5.02 Å². The van der Waals surface area contributed by atoms with Crippen LogP contribution < -0.4 is 10.1 Å². The number of benzene rings is 1. The molecule has 2 rings (SSSR count). The summed E-state index contributed by atoms with van der Waals surface area (Å²) >= 11 is 6.08. The van der Waals surface area contributed by atoms with E-state index < -0.39 is 0 Å². The van der Waals surface area contributed by atoms with Gasteiger partial charge in [-0.1, -0.05) is 23.7 Å². The third kappa shape index (κ3) is 2.88. The quantitative estimate of drug-likeness (QED) is 0.895. The molecule has 0 saturated heterocycles. The summed E-state index contributed by atoms with van der Waals surface area (Å²) in [5.41, 5.74) is 1.10. The topological polar surface area (TPSA) is 34.1 Å². The predicted molar refractivity (Wildman–Crippen MR) is 70.0 cm³/mol. The van der Waals surface area contributed by atoms with Crippen LogP contribution in [0.5, 0.6) is 11.6 Å². The Morgan fingerprint density at radius 3 is 2.76 bits per heavy atom. The number of rotatable bonds is 3. The third-order valence-corrected chi connectivity index (χ3v) is 2.58. The van der Waals surface area contributed by atoms with Crippen LogP contribution in [-0.2, 0) is 0 Å². The number of aryl methyl sites for hydroxylation is 1. The molecule has 0 bridgehead atoms. The Balaban J connectivity index is 2.25. The van der Waals surface area contributed by atoms with Crippen LogP contribution in [0.2, 0.25) is 5.02 Å². The Morgan fingerprint density at radius 1 is 1.24 bits per heavy atom. The lowest BCUT2D eigenvalue weighted by atomic mass is 10.2. The number of nitrogens with zero attached hydrogens (tertiary/aromatic N) is 1. The Kier molecular flexibility index (Phi) is 3.49. The molecule has 4 heteroatoms. The van der Waals surface area contributed by atoms with Crippen molar-refractivity contribution >= 4 is 17.4 Å². The van der Waals surface area contributed by atoms with Gasteiger partial charge in [0.25, 0.3) is 0 Å². The zero-order valence-electron chi connectivity index (χ0n) is 9.70. The average molecular weight is 249 g/mol. The van der Waals surface area contributed by atoms with Gasteiger partial charge in [0.1, 0.15) is 11.6 Å². The summed E-state index contributed by atoms with van der Waals surface area (Å²) in [5.74, 6) is 1.88. The highest BCUT2D eigenvalue weighted by Crippen LogP contribution is 2.29. The van der Waals surface area contributed by atoms with E-state index in [4.69, 9.17) is 16.3 Å². The zero-order valence-corrected chi connectivity index (χ0v) is 10.5. The van der Waals surface area contributed by atoms with Crippen LogP contribution >= 0.6 is 11.6 Å². The summed E-state index contributed by atoms with van der Waals surface area (Å²) in [6.45, 7) is 1.98. The Morgan fingerprint density at radius 2 is 2.06 bits per heavy atom. The average Bonchev–Trinajstić information content (AvgIpc) is 2.33. The molecule has 1 aromatic carbocycles. The van der Waals surface area contributed by atoms with E-state index in [-0.39, 0.29) is 0 Å². The summed E-state index contributed by atoms with van der Waals surface area (Å²) in [7, 11) is 1.81. The van der Waals surface area contributed by atoms with Crippen molar-refractivity contribution in [3.05, 3.63) is 47.0 Å². The van der Waals surface area contributed by atoms with Crippen LogP contribution in [-0.4, -0.2) is 12.0 Å². The van der Waals surface area contributed by atoms with E-state index in [0.29, 0.717) is 16.7 Å². The first-order valence-corrected chi connectivity index (χ1v) is 5.65. The van der Waals surface area contributed by atoms with Crippen LogP contribution in [0.4, 0.5) is 5.82 Å². The highest BCUT2D eigenvalue weighted by atomic mass is 35.5. The second-order valence-electron chi connectivity index (χ2n) is 3.65. The van der Waals surface area contributed by atoms with E-state index in [9.17, 15) is 0 Å². The van der Waals surface area contributed by atoms with Crippen molar-refractivity contribution < 1.29 is 4.74 Å². The molecule has 0 atom stereocenters. The van der Waals surface area contributed by atoms with Gasteiger partial charge < -0.3 is 10.1 Å². The van der Waals surface area contributed by atoms with Crippen molar-refractivity contribution in [2.75, 3.05) is 12.4 Å². The van der Waals surface area contributed by atoms with Gasteiger partial charge in [0.2, 0.25) is 5.88 Å². The van der Waals surface area contributed by atoms with E-state index in [2.05, 4.69) is 10.3 Å². The zero-order chi connectivity index (χ0) is 12.3. The molecular weight excluding hydrogens is 236 g/mol. The number of ether oxygens (including phenoxy) is 1. The number of hydrogen-bond acceptors (Lipinski definition) is 3. The Hall–Kier alpha value is -1.74. The number of pyridine rings is 1. The first-order valence-electron chi connectivity index (χ1n) is 5.28. The molecule has 0 spiro atoms. The normalized spacial score (nSPS) is 10.1. The number of halogens is 1. The fourth-order valence-electron chi connectivity index (χ4n) is 1.41. The van der Waals surface area contributed by atoms with Crippen LogP contribution in [0, 0.1) is 6.92 Å². The summed E-state index contributed by atoms with van der Waals surface area (Å²) in [5, 5.41) is 3.54. The van der Waals surface area contributed by atoms with Crippen molar-refractivity contribution in [1.82, 2.24) is 4.98 Å². The summed E-state index contributed by atoms with van der Waals surface area (Å²) in [4.78, 5) is 4.26. The van der Waals surface area contributed by atoms with Crippen LogP contribution in [0.25, 0.3) is 0 Å². The maximum atomic E-state index is 6.08. The fourth-order valence-corrected chi connectivity index (χ4v) is 1.69. The number of nitrogens with one attached hydrogen (secondary N) is 1. The standard InChI is InChI=1S/C13H13ClN2O/c1-9-6-7-11(10(14)8-9)17-13-5-3-4-12(15-2)16-13/h3-8H,1-2H3,(H,15,16). The van der Waals surface area contributed by atoms with Crippen molar-refractivity contribution in [1.29, 1.82) is 0 Å². The van der Waals surface area contributed by atoms with Gasteiger partial charge in [-0.3, -0.25) is 0 Å². The molecule has 0 aliphatic carbocycles. The maximum Gasteiger partial charge on any atom is 0.221 e. The van der Waals surface area contributed by atoms with Gasteiger partial charge in [-0.05, 0) is 30.7 Å². The summed E-state index contributed by atoms with van der Waals surface area (Å²) in [6, 6.07) is 11.2. The lowest BCUT2D eigenvalue weighted by molar-refractivity contribution is 0.464. The molecule has 2 aromatic rings. The van der Waals surface area contributed by atoms with E-state index in [1.54, 1.807) is 6.07 Å². The molecule has 1 heterocycles. The highest BCUT2D eigenvalue weighted by molar-refractivity contribution is 6.32. The highest BCUT2D eigenvalue weighted by Gasteiger charge is 2.04. The summed E-state index contributed by atoms with van der Waals surface area (Å²) in [6.07, 6.45) is 0. The third-order valence-electron chi connectivity index (χ3n) is 2.28. The molecule has 1 N–H and O–H groups in total. The molecule has 3 nitrogen and oxygen atoms in total. The Labute approximate surface area is 105 Å². The maximum absolute atomic E-state index is 6.08. The second-order valence-corrected chi connectivity index (χ2v) is 4.05. The summed E-state index contributed by atoms with van der Waals surface area (Å²) < 4.78 is 5.62. The van der Waals surface area contributed by atoms with Gasteiger partial charge in [0.15, 0.2) is 0 Å². The van der Waals surface area contributed by atoms with Crippen LogP contribution in [0.15, 0.2) is 36.4 Å². The van der Waals surface area contributed by atoms with Gasteiger partial charge in [-0.25, -0.2) is 0 Å². The van der Waals surface area contributed by atoms with Crippen LogP contribution in [0.3, 0.4) is 0 Å².